The van der Waals surface area contributed by atoms with Crippen LogP contribution in [0.4, 0.5) is 4.39 Å². The quantitative estimate of drug-likeness (QED) is 0.593. The first-order valence-corrected chi connectivity index (χ1v) is 5.15. The Kier molecular flexibility index (Phi) is 4.09. The van der Waals surface area contributed by atoms with E-state index in [0.29, 0.717) is 0 Å². The lowest BCUT2D eigenvalue weighted by molar-refractivity contribution is 0.621. The van der Waals surface area contributed by atoms with Crippen molar-refractivity contribution in [2.24, 2.45) is 0 Å². The van der Waals surface area contributed by atoms with Gasteiger partial charge in [-0.1, -0.05) is 6.08 Å². The summed E-state index contributed by atoms with van der Waals surface area (Å²) >= 11 is 4.29. The van der Waals surface area contributed by atoms with Crippen LogP contribution in [0.5, 0.6) is 0 Å². The summed E-state index contributed by atoms with van der Waals surface area (Å²) < 4.78 is 13.0. The monoisotopic (exact) mass is 223 g/mol. The summed E-state index contributed by atoms with van der Waals surface area (Å²) in [5.41, 5.74) is 2.78. The smallest absolute Gasteiger partial charge is 0.142 e. The standard InChI is InChI=1S/C12H14FNS/c1-4-12(8(2)9(3)15)10-5-11(13)7-14-6-10/h4-7,15H,1-3H3/b9-8-,12-4+. The molecule has 0 bridgehead atoms. The number of nitrogens with zero attached hydrogens (tertiary/aromatic N) is 1. The van der Waals surface area contributed by atoms with Crippen molar-refractivity contribution in [2.45, 2.75) is 20.8 Å². The zero-order valence-corrected chi connectivity index (χ0v) is 9.98. The lowest BCUT2D eigenvalue weighted by Gasteiger charge is -2.09. The van der Waals surface area contributed by atoms with Gasteiger partial charge in [0.1, 0.15) is 5.82 Å². The minimum atomic E-state index is -0.323. The van der Waals surface area contributed by atoms with Gasteiger partial charge in [-0.15, -0.1) is 12.6 Å². The molecular formula is C12H14FNS. The third kappa shape index (κ3) is 2.93. The first-order valence-electron chi connectivity index (χ1n) is 4.70. The van der Waals surface area contributed by atoms with Crippen molar-refractivity contribution in [2.75, 3.05) is 0 Å². The molecule has 1 heterocycles. The molecule has 0 N–H and O–H groups in total. The molecular weight excluding hydrogens is 209 g/mol. The predicted octanol–water partition coefficient (Wildman–Crippen LogP) is 3.85. The molecule has 0 atom stereocenters. The molecule has 0 aliphatic carbocycles. The van der Waals surface area contributed by atoms with Crippen LogP contribution in [-0.4, -0.2) is 4.98 Å². The minimum Gasteiger partial charge on any atom is -0.261 e. The van der Waals surface area contributed by atoms with Gasteiger partial charge in [-0.3, -0.25) is 4.98 Å². The molecule has 1 aromatic heterocycles. The molecule has 80 valence electrons. The van der Waals surface area contributed by atoms with Crippen molar-refractivity contribution in [3.05, 3.63) is 46.4 Å². The molecule has 1 rings (SSSR count). The van der Waals surface area contributed by atoms with Crippen LogP contribution in [-0.2, 0) is 0 Å². The van der Waals surface area contributed by atoms with Crippen molar-refractivity contribution in [3.8, 4) is 0 Å². The summed E-state index contributed by atoms with van der Waals surface area (Å²) in [4.78, 5) is 4.75. The van der Waals surface area contributed by atoms with Gasteiger partial charge in [0, 0.05) is 11.8 Å². The van der Waals surface area contributed by atoms with Gasteiger partial charge in [-0.05, 0) is 42.9 Å². The van der Waals surface area contributed by atoms with E-state index < -0.39 is 0 Å². The Labute approximate surface area is 95.1 Å². The molecule has 0 aromatic carbocycles. The largest absolute Gasteiger partial charge is 0.261 e. The normalized spacial score (nSPS) is 13.8. The summed E-state index contributed by atoms with van der Waals surface area (Å²) in [5, 5.41) is 0. The summed E-state index contributed by atoms with van der Waals surface area (Å²) in [6.07, 6.45) is 4.79. The van der Waals surface area contributed by atoms with Gasteiger partial charge < -0.3 is 0 Å². The molecule has 0 aliphatic heterocycles. The van der Waals surface area contributed by atoms with E-state index in [1.54, 1.807) is 6.20 Å². The second-order valence-electron chi connectivity index (χ2n) is 3.30. The van der Waals surface area contributed by atoms with Crippen LogP contribution in [0.3, 0.4) is 0 Å². The van der Waals surface area contributed by atoms with Crippen LogP contribution in [0.15, 0.2) is 35.0 Å². The van der Waals surface area contributed by atoms with Crippen molar-refractivity contribution in [3.63, 3.8) is 0 Å². The van der Waals surface area contributed by atoms with E-state index in [1.807, 2.05) is 26.8 Å². The third-order valence-electron chi connectivity index (χ3n) is 2.25. The van der Waals surface area contributed by atoms with Gasteiger partial charge in [0.2, 0.25) is 0 Å². The Morgan fingerprint density at radius 1 is 1.40 bits per heavy atom. The number of halogens is 1. The Hall–Kier alpha value is -1.09. The lowest BCUT2D eigenvalue weighted by atomic mass is 10.0. The maximum atomic E-state index is 13.0. The van der Waals surface area contributed by atoms with Crippen molar-refractivity contribution in [1.82, 2.24) is 4.98 Å². The minimum absolute atomic E-state index is 0.323. The zero-order valence-electron chi connectivity index (χ0n) is 9.08. The van der Waals surface area contributed by atoms with E-state index in [0.717, 1.165) is 21.6 Å². The number of thiol groups is 1. The summed E-state index contributed by atoms with van der Waals surface area (Å²) in [7, 11) is 0. The van der Waals surface area contributed by atoms with E-state index in [1.165, 1.54) is 12.3 Å². The van der Waals surface area contributed by atoms with E-state index in [4.69, 9.17) is 0 Å². The zero-order chi connectivity index (χ0) is 11.4. The maximum absolute atomic E-state index is 13.0. The molecule has 1 aromatic rings. The SMILES string of the molecule is C/C=C(\C(C)=C(\C)S)c1cncc(F)c1. The molecule has 1 nitrogen and oxygen atoms in total. The average Bonchev–Trinajstić information content (AvgIpc) is 2.18. The van der Waals surface area contributed by atoms with Crippen LogP contribution in [0.2, 0.25) is 0 Å². The van der Waals surface area contributed by atoms with E-state index in [2.05, 4.69) is 17.6 Å². The molecule has 0 fully saturated rings. The van der Waals surface area contributed by atoms with Crippen molar-refractivity contribution >= 4 is 18.2 Å². The Morgan fingerprint density at radius 3 is 2.53 bits per heavy atom. The highest BCUT2D eigenvalue weighted by Crippen LogP contribution is 2.26. The summed E-state index contributed by atoms with van der Waals surface area (Å²) in [5.74, 6) is -0.323. The Bertz CT molecular complexity index is 417. The number of allylic oxidation sites excluding steroid dienone is 4. The van der Waals surface area contributed by atoms with Crippen molar-refractivity contribution < 1.29 is 4.39 Å². The first-order chi connectivity index (χ1) is 7.06. The van der Waals surface area contributed by atoms with Crippen LogP contribution < -0.4 is 0 Å². The second kappa shape index (κ2) is 5.12. The summed E-state index contributed by atoms with van der Waals surface area (Å²) in [6.45, 7) is 5.79. The third-order valence-corrected chi connectivity index (χ3v) is 2.59. The molecule has 0 saturated heterocycles. The topological polar surface area (TPSA) is 12.9 Å². The van der Waals surface area contributed by atoms with Gasteiger partial charge in [-0.2, -0.15) is 0 Å². The highest BCUT2D eigenvalue weighted by molar-refractivity contribution is 7.84. The van der Waals surface area contributed by atoms with Gasteiger partial charge in [0.15, 0.2) is 0 Å². The average molecular weight is 223 g/mol. The predicted molar refractivity (Wildman–Crippen MR) is 65.2 cm³/mol. The van der Waals surface area contributed by atoms with E-state index >= 15 is 0 Å². The van der Waals surface area contributed by atoms with Crippen LogP contribution in [0, 0.1) is 5.82 Å². The van der Waals surface area contributed by atoms with Gasteiger partial charge >= 0.3 is 0 Å². The number of hydrogen-bond acceptors (Lipinski definition) is 2. The van der Waals surface area contributed by atoms with Crippen LogP contribution >= 0.6 is 12.6 Å². The van der Waals surface area contributed by atoms with E-state index in [-0.39, 0.29) is 5.82 Å². The molecule has 0 radical (unpaired) electrons. The molecule has 0 amide bonds. The fraction of sp³-hybridized carbons (Fsp3) is 0.250. The first kappa shape index (κ1) is 12.0. The number of aromatic nitrogens is 1. The lowest BCUT2D eigenvalue weighted by Crippen LogP contribution is -1.90. The molecule has 0 spiro atoms. The Balaban J connectivity index is 3.22. The number of hydrogen-bond donors (Lipinski definition) is 1. The molecule has 15 heavy (non-hydrogen) atoms. The molecule has 0 unspecified atom stereocenters. The van der Waals surface area contributed by atoms with Crippen molar-refractivity contribution in [1.29, 1.82) is 0 Å². The fourth-order valence-corrected chi connectivity index (χ4v) is 1.47. The van der Waals surface area contributed by atoms with Gasteiger partial charge in [0.25, 0.3) is 0 Å². The number of rotatable bonds is 2. The second-order valence-corrected chi connectivity index (χ2v) is 3.98. The Morgan fingerprint density at radius 2 is 2.07 bits per heavy atom. The van der Waals surface area contributed by atoms with Gasteiger partial charge in [0.05, 0.1) is 6.20 Å². The van der Waals surface area contributed by atoms with E-state index in [9.17, 15) is 4.39 Å². The number of pyridine rings is 1. The molecule has 0 saturated carbocycles. The van der Waals surface area contributed by atoms with Gasteiger partial charge in [-0.25, -0.2) is 4.39 Å². The summed E-state index contributed by atoms with van der Waals surface area (Å²) in [6, 6.07) is 1.47. The molecule has 3 heteroatoms. The molecule has 0 aliphatic rings. The maximum Gasteiger partial charge on any atom is 0.142 e. The highest BCUT2D eigenvalue weighted by atomic mass is 32.1. The highest BCUT2D eigenvalue weighted by Gasteiger charge is 2.06. The fourth-order valence-electron chi connectivity index (χ4n) is 1.35. The van der Waals surface area contributed by atoms with Crippen LogP contribution in [0.1, 0.15) is 26.3 Å². The van der Waals surface area contributed by atoms with Crippen LogP contribution in [0.25, 0.3) is 5.57 Å².